The van der Waals surface area contributed by atoms with E-state index >= 15 is 0 Å². The van der Waals surface area contributed by atoms with Crippen LogP contribution in [0.25, 0.3) is 0 Å². The fourth-order valence-corrected chi connectivity index (χ4v) is 7.53. The molecule has 0 N–H and O–H groups in total. The second kappa shape index (κ2) is 10.8. The number of carbonyl (C=O) groups is 2. The zero-order valence-corrected chi connectivity index (χ0v) is 22.5. The predicted molar refractivity (Wildman–Crippen MR) is 145 cm³/mol. The maximum absolute atomic E-state index is 12.7. The minimum Gasteiger partial charge on any atom is -0.426 e. The van der Waals surface area contributed by atoms with E-state index in [2.05, 4.69) is 24.0 Å². The van der Waals surface area contributed by atoms with Crippen LogP contribution in [0.3, 0.4) is 0 Å². The quantitative estimate of drug-likeness (QED) is 0.222. The summed E-state index contributed by atoms with van der Waals surface area (Å²) in [5, 5.41) is 0. The van der Waals surface area contributed by atoms with Crippen molar-refractivity contribution in [1.82, 2.24) is 0 Å². The van der Waals surface area contributed by atoms with Crippen LogP contribution >= 0.6 is 23.2 Å². The van der Waals surface area contributed by atoms with Gasteiger partial charge in [0.1, 0.15) is 11.5 Å². The molecule has 0 spiro atoms. The van der Waals surface area contributed by atoms with Gasteiger partial charge in [-0.3, -0.25) is 9.59 Å². The van der Waals surface area contributed by atoms with E-state index in [9.17, 15) is 9.59 Å². The number of nitrogens with zero attached hydrogens (tertiary/aromatic N) is 1. The third kappa shape index (κ3) is 4.91. The number of esters is 1. The number of alkyl halides is 2. The highest BCUT2D eigenvalue weighted by Gasteiger charge is 2.54. The number of fused-ring (bicyclic) bond motifs is 5. The number of aryl methyl sites for hydroxylation is 1. The summed E-state index contributed by atoms with van der Waals surface area (Å²) >= 11 is 11.8. The third-order valence-corrected chi connectivity index (χ3v) is 9.34. The molecule has 3 aliphatic rings. The van der Waals surface area contributed by atoms with E-state index in [1.165, 1.54) is 11.1 Å². The van der Waals surface area contributed by atoms with Crippen molar-refractivity contribution in [2.45, 2.75) is 57.8 Å². The first-order chi connectivity index (χ1) is 17.4. The summed E-state index contributed by atoms with van der Waals surface area (Å²) in [7, 11) is 0. The molecule has 2 fully saturated rings. The average molecular weight is 529 g/mol. The SMILES string of the molecule is C[C@]12CC[C@@H]3c4ccc(OC(=O)Cc5ccc(N(CCCl)CCCl)cc5)cc4CC[C@H]3[C@@H]1CCC2=O. The highest BCUT2D eigenvalue weighted by molar-refractivity contribution is 6.18. The second-order valence-corrected chi connectivity index (χ2v) is 11.6. The molecular weight excluding hydrogens is 493 g/mol. The molecule has 4 atom stereocenters. The van der Waals surface area contributed by atoms with Crippen LogP contribution in [-0.2, 0) is 22.4 Å². The second-order valence-electron chi connectivity index (χ2n) is 10.9. The Morgan fingerprint density at radius 2 is 1.78 bits per heavy atom. The van der Waals surface area contributed by atoms with Crippen LogP contribution in [0, 0.1) is 17.3 Å². The Hall–Kier alpha value is -2.04. The van der Waals surface area contributed by atoms with E-state index in [-0.39, 0.29) is 17.8 Å². The normalized spacial score (nSPS) is 26.6. The molecule has 192 valence electrons. The fourth-order valence-electron chi connectivity index (χ4n) is 7.13. The van der Waals surface area contributed by atoms with Crippen LogP contribution in [0.5, 0.6) is 5.75 Å². The highest BCUT2D eigenvalue weighted by Crippen LogP contribution is 2.59. The number of carbonyl (C=O) groups excluding carboxylic acids is 2. The van der Waals surface area contributed by atoms with Gasteiger partial charge in [0.05, 0.1) is 6.42 Å². The summed E-state index contributed by atoms with van der Waals surface area (Å²) in [6.07, 6.45) is 6.24. The lowest BCUT2D eigenvalue weighted by molar-refractivity contribution is -0.133. The molecule has 0 radical (unpaired) electrons. The fraction of sp³-hybridized carbons (Fsp3) is 0.533. The van der Waals surface area contributed by atoms with E-state index < -0.39 is 0 Å². The van der Waals surface area contributed by atoms with Crippen molar-refractivity contribution >= 4 is 40.6 Å². The monoisotopic (exact) mass is 527 g/mol. The molecule has 2 saturated carbocycles. The Kier molecular flexibility index (Phi) is 7.65. The van der Waals surface area contributed by atoms with Crippen LogP contribution in [0.1, 0.15) is 61.6 Å². The summed E-state index contributed by atoms with van der Waals surface area (Å²) in [5.74, 6) is 3.57. The Morgan fingerprint density at radius 3 is 2.50 bits per heavy atom. The van der Waals surface area contributed by atoms with Gasteiger partial charge in [0.2, 0.25) is 0 Å². The largest absolute Gasteiger partial charge is 0.426 e. The van der Waals surface area contributed by atoms with E-state index in [0.717, 1.165) is 62.9 Å². The minimum atomic E-state index is -0.257. The lowest BCUT2D eigenvalue weighted by Gasteiger charge is -2.48. The number of ketones is 1. The zero-order valence-electron chi connectivity index (χ0n) is 21.0. The number of rotatable bonds is 8. The molecule has 6 heteroatoms. The maximum Gasteiger partial charge on any atom is 0.315 e. The third-order valence-electron chi connectivity index (χ3n) is 9.00. The van der Waals surface area contributed by atoms with Gasteiger partial charge in [-0.2, -0.15) is 0 Å². The Morgan fingerprint density at radius 1 is 1.03 bits per heavy atom. The number of benzene rings is 2. The smallest absolute Gasteiger partial charge is 0.315 e. The highest BCUT2D eigenvalue weighted by atomic mass is 35.5. The Bertz CT molecular complexity index is 1110. The van der Waals surface area contributed by atoms with Crippen LogP contribution in [0.2, 0.25) is 0 Å². The van der Waals surface area contributed by atoms with Crippen molar-refractivity contribution in [3.63, 3.8) is 0 Å². The molecule has 4 nitrogen and oxygen atoms in total. The molecule has 3 aliphatic carbocycles. The maximum atomic E-state index is 12.7. The summed E-state index contributed by atoms with van der Waals surface area (Å²) in [6.45, 7) is 3.67. The summed E-state index contributed by atoms with van der Waals surface area (Å²) in [6, 6.07) is 14.1. The van der Waals surface area contributed by atoms with E-state index in [0.29, 0.717) is 41.0 Å². The number of Topliss-reactive ketones (excluding diaryl/α,β-unsaturated/α-hetero) is 1. The van der Waals surface area contributed by atoms with Gasteiger partial charge in [-0.1, -0.05) is 25.1 Å². The first kappa shape index (κ1) is 25.6. The molecule has 0 bridgehead atoms. The van der Waals surface area contributed by atoms with Crippen LogP contribution in [0.4, 0.5) is 5.69 Å². The molecule has 36 heavy (non-hydrogen) atoms. The van der Waals surface area contributed by atoms with Crippen molar-refractivity contribution in [1.29, 1.82) is 0 Å². The number of halogens is 2. The molecule has 0 aromatic heterocycles. The molecule has 0 unspecified atom stereocenters. The average Bonchev–Trinajstić information content (AvgIpc) is 3.18. The van der Waals surface area contributed by atoms with Crippen LogP contribution < -0.4 is 9.64 Å². The molecule has 0 aliphatic heterocycles. The Balaban J connectivity index is 1.22. The van der Waals surface area contributed by atoms with Gasteiger partial charge in [0, 0.05) is 42.4 Å². The molecule has 2 aromatic carbocycles. The first-order valence-electron chi connectivity index (χ1n) is 13.3. The van der Waals surface area contributed by atoms with Crippen molar-refractivity contribution < 1.29 is 14.3 Å². The Labute approximate surface area is 224 Å². The van der Waals surface area contributed by atoms with E-state index in [4.69, 9.17) is 27.9 Å². The predicted octanol–water partition coefficient (Wildman–Crippen LogP) is 6.54. The van der Waals surface area contributed by atoms with Gasteiger partial charge in [-0.25, -0.2) is 0 Å². The van der Waals surface area contributed by atoms with Gasteiger partial charge < -0.3 is 9.64 Å². The van der Waals surface area contributed by atoms with Crippen molar-refractivity contribution in [3.05, 3.63) is 59.2 Å². The standard InChI is InChI=1S/C30H35Cl2NO3/c1-30-13-12-25-24-9-7-23(19-21(24)4-8-26(25)27(30)10-11-28(30)34)36-29(35)18-20-2-5-22(6-3-20)33(16-14-31)17-15-32/h2-3,5-7,9,19,25-27H,4,8,10-18H2,1H3/t25-,26-,27+,30+/m1/s1. The minimum absolute atomic E-state index is 0.0984. The van der Waals surface area contributed by atoms with Crippen LogP contribution in [-0.4, -0.2) is 36.6 Å². The van der Waals surface area contributed by atoms with Gasteiger partial charge >= 0.3 is 5.97 Å². The van der Waals surface area contributed by atoms with Crippen molar-refractivity contribution in [2.24, 2.45) is 17.3 Å². The summed E-state index contributed by atoms with van der Waals surface area (Å²) in [4.78, 5) is 27.4. The number of hydrogen-bond acceptors (Lipinski definition) is 4. The molecule has 0 heterocycles. The van der Waals surface area contributed by atoms with E-state index in [1.807, 2.05) is 30.3 Å². The summed E-state index contributed by atoms with van der Waals surface area (Å²) < 4.78 is 5.75. The summed E-state index contributed by atoms with van der Waals surface area (Å²) in [5.41, 5.74) is 4.57. The van der Waals surface area contributed by atoms with Crippen molar-refractivity contribution in [3.8, 4) is 5.75 Å². The molecule has 0 saturated heterocycles. The van der Waals surface area contributed by atoms with Gasteiger partial charge in [-0.05, 0) is 90.8 Å². The molecule has 2 aromatic rings. The molecular formula is C30H35Cl2NO3. The van der Waals surface area contributed by atoms with E-state index in [1.54, 1.807) is 0 Å². The molecule has 5 rings (SSSR count). The lowest BCUT2D eigenvalue weighted by atomic mass is 9.55. The van der Waals surface area contributed by atoms with Crippen LogP contribution in [0.15, 0.2) is 42.5 Å². The topological polar surface area (TPSA) is 46.6 Å². The molecule has 0 amide bonds. The van der Waals surface area contributed by atoms with Gasteiger partial charge in [0.15, 0.2) is 0 Å². The van der Waals surface area contributed by atoms with Gasteiger partial charge in [0.25, 0.3) is 0 Å². The zero-order chi connectivity index (χ0) is 25.3. The van der Waals surface area contributed by atoms with Gasteiger partial charge in [-0.15, -0.1) is 23.2 Å². The van der Waals surface area contributed by atoms with Crippen molar-refractivity contribution in [2.75, 3.05) is 29.7 Å². The first-order valence-corrected chi connectivity index (χ1v) is 14.3. The number of anilines is 1. The number of hydrogen-bond donors (Lipinski definition) is 0. The lowest BCUT2D eigenvalue weighted by Crippen LogP contribution is -2.42. The number of ether oxygens (including phenoxy) is 1.